The molecule has 1 unspecified atom stereocenters. The molecule has 0 fully saturated rings. The highest BCUT2D eigenvalue weighted by Gasteiger charge is 2.34. The third kappa shape index (κ3) is 4.75. The number of aryl methyl sites for hydroxylation is 1. The summed E-state index contributed by atoms with van der Waals surface area (Å²) in [4.78, 5) is 31.3. The summed E-state index contributed by atoms with van der Waals surface area (Å²) >= 11 is 0. The van der Waals surface area contributed by atoms with E-state index in [9.17, 15) is 19.1 Å². The Balaban J connectivity index is 1.66. The average Bonchev–Trinajstić information content (AvgIpc) is 2.94. The Hall–Kier alpha value is -3.66. The predicted octanol–water partition coefficient (Wildman–Crippen LogP) is 4.42. The van der Waals surface area contributed by atoms with E-state index in [0.29, 0.717) is 53.7 Å². The van der Waals surface area contributed by atoms with Gasteiger partial charge in [0.2, 0.25) is 0 Å². The van der Waals surface area contributed by atoms with Crippen LogP contribution in [-0.4, -0.2) is 37.2 Å². The molecule has 1 aromatic heterocycles. The first-order valence-electron chi connectivity index (χ1n) is 11.0. The summed E-state index contributed by atoms with van der Waals surface area (Å²) < 4.78 is 15.0. The molecule has 6 nitrogen and oxygen atoms in total. The number of benzene rings is 2. The molecular weight excluding hydrogens is 421 g/mol. The second kappa shape index (κ2) is 8.70. The summed E-state index contributed by atoms with van der Waals surface area (Å²) in [5.74, 6) is 6.25. The lowest BCUT2D eigenvalue weighted by Gasteiger charge is -2.39. The monoisotopic (exact) mass is 447 g/mol. The lowest BCUT2D eigenvalue weighted by molar-refractivity contribution is 0.0642. The number of carboxylic acid groups (broad SMARTS) is 1. The molecule has 4 rings (SSSR count). The van der Waals surface area contributed by atoms with Crippen LogP contribution in [0, 0.1) is 17.7 Å². The molecule has 0 bridgehead atoms. The molecule has 2 heterocycles. The van der Waals surface area contributed by atoms with Crippen molar-refractivity contribution in [2.45, 2.75) is 58.2 Å². The second-order valence-corrected chi connectivity index (χ2v) is 9.28. The van der Waals surface area contributed by atoms with Gasteiger partial charge in [-0.1, -0.05) is 17.9 Å². The quantitative estimate of drug-likeness (QED) is 0.561. The Morgan fingerprint density at radius 3 is 2.55 bits per heavy atom. The van der Waals surface area contributed by atoms with Crippen molar-refractivity contribution < 1.29 is 14.3 Å². The molecule has 0 aliphatic carbocycles. The summed E-state index contributed by atoms with van der Waals surface area (Å²) in [7, 11) is 0. The van der Waals surface area contributed by atoms with Gasteiger partial charge in [-0.3, -0.25) is 9.36 Å². The highest BCUT2D eigenvalue weighted by molar-refractivity contribution is 5.79. The van der Waals surface area contributed by atoms with Gasteiger partial charge in [-0.25, -0.2) is 14.2 Å². The molecule has 170 valence electrons. The van der Waals surface area contributed by atoms with E-state index in [0.717, 1.165) is 0 Å². The van der Waals surface area contributed by atoms with Crippen molar-refractivity contribution in [1.82, 2.24) is 14.5 Å². The van der Waals surface area contributed by atoms with E-state index in [2.05, 4.69) is 11.8 Å². The molecule has 0 saturated heterocycles. The minimum absolute atomic E-state index is 0.127. The third-order valence-corrected chi connectivity index (χ3v) is 5.89. The minimum Gasteiger partial charge on any atom is -0.465 e. The third-order valence-electron chi connectivity index (χ3n) is 5.89. The number of nitrogens with zero attached hydrogens (tertiary/aromatic N) is 3. The van der Waals surface area contributed by atoms with Crippen LogP contribution in [0.15, 0.2) is 47.3 Å². The fourth-order valence-electron chi connectivity index (χ4n) is 4.44. The van der Waals surface area contributed by atoms with E-state index < -0.39 is 11.6 Å². The van der Waals surface area contributed by atoms with Crippen LogP contribution in [0.5, 0.6) is 0 Å². The maximum absolute atomic E-state index is 13.4. The van der Waals surface area contributed by atoms with Gasteiger partial charge in [-0.2, -0.15) is 0 Å². The largest absolute Gasteiger partial charge is 0.465 e. The van der Waals surface area contributed by atoms with Crippen LogP contribution in [-0.2, 0) is 13.0 Å². The molecule has 7 heteroatoms. The molecule has 1 atom stereocenters. The van der Waals surface area contributed by atoms with Gasteiger partial charge < -0.3 is 10.0 Å². The van der Waals surface area contributed by atoms with Crippen molar-refractivity contribution in [3.8, 4) is 11.8 Å². The number of hydrogen-bond donors (Lipinski definition) is 1. The van der Waals surface area contributed by atoms with Crippen LogP contribution < -0.4 is 5.56 Å². The maximum Gasteiger partial charge on any atom is 0.407 e. The Morgan fingerprint density at radius 1 is 1.15 bits per heavy atom. The molecule has 0 saturated carbocycles. The van der Waals surface area contributed by atoms with Crippen molar-refractivity contribution in [3.05, 3.63) is 75.6 Å². The lowest BCUT2D eigenvalue weighted by atomic mass is 9.99. The minimum atomic E-state index is -0.953. The first-order valence-corrected chi connectivity index (χ1v) is 11.0. The van der Waals surface area contributed by atoms with E-state index >= 15 is 0 Å². The SMILES string of the molecule is CC(C)(C)N(C(=O)O)C1CCc2nc3cc(C#Cc4cccc(F)c4)ccc3c(=O)n2CC1. The Bertz CT molecular complexity index is 1340. The fourth-order valence-corrected chi connectivity index (χ4v) is 4.44. The van der Waals surface area contributed by atoms with Crippen molar-refractivity contribution in [2.24, 2.45) is 0 Å². The molecular formula is C26H26FN3O3. The molecule has 1 amide bonds. The molecule has 0 radical (unpaired) electrons. The maximum atomic E-state index is 13.4. The van der Waals surface area contributed by atoms with E-state index in [1.54, 1.807) is 34.9 Å². The van der Waals surface area contributed by atoms with Crippen LogP contribution in [0.4, 0.5) is 9.18 Å². The zero-order chi connectivity index (χ0) is 23.8. The molecule has 3 aromatic rings. The van der Waals surface area contributed by atoms with Gasteiger partial charge in [0, 0.05) is 35.7 Å². The number of rotatable bonds is 1. The molecule has 33 heavy (non-hydrogen) atoms. The van der Waals surface area contributed by atoms with E-state index in [4.69, 9.17) is 4.98 Å². The number of halogens is 1. The summed E-state index contributed by atoms with van der Waals surface area (Å²) in [6.45, 7) is 6.06. The average molecular weight is 448 g/mol. The summed E-state index contributed by atoms with van der Waals surface area (Å²) in [5.41, 5.74) is 1.14. The number of amides is 1. The van der Waals surface area contributed by atoms with Crippen LogP contribution >= 0.6 is 0 Å². The summed E-state index contributed by atoms with van der Waals surface area (Å²) in [6, 6.07) is 11.1. The van der Waals surface area contributed by atoms with Crippen LogP contribution in [0.1, 0.15) is 50.6 Å². The van der Waals surface area contributed by atoms with E-state index in [1.807, 2.05) is 20.8 Å². The Labute approximate surface area is 191 Å². The molecule has 0 spiro atoms. The van der Waals surface area contributed by atoms with E-state index in [-0.39, 0.29) is 17.4 Å². The van der Waals surface area contributed by atoms with Gasteiger partial charge >= 0.3 is 6.09 Å². The van der Waals surface area contributed by atoms with Crippen LogP contribution in [0.25, 0.3) is 10.9 Å². The number of hydrogen-bond acceptors (Lipinski definition) is 3. The first-order chi connectivity index (χ1) is 15.6. The van der Waals surface area contributed by atoms with Crippen molar-refractivity contribution in [1.29, 1.82) is 0 Å². The molecule has 2 aromatic carbocycles. The van der Waals surface area contributed by atoms with Gasteiger partial charge in [-0.05, 0) is 70.0 Å². The van der Waals surface area contributed by atoms with Crippen LogP contribution in [0.3, 0.4) is 0 Å². The summed E-state index contributed by atoms with van der Waals surface area (Å²) in [6.07, 6.45) is 0.710. The lowest BCUT2D eigenvalue weighted by Crippen LogP contribution is -2.51. The van der Waals surface area contributed by atoms with Gasteiger partial charge in [0.05, 0.1) is 10.9 Å². The van der Waals surface area contributed by atoms with Gasteiger partial charge in [0.25, 0.3) is 5.56 Å². The topological polar surface area (TPSA) is 75.4 Å². The second-order valence-electron chi connectivity index (χ2n) is 9.28. The zero-order valence-electron chi connectivity index (χ0n) is 18.9. The highest BCUT2D eigenvalue weighted by atomic mass is 19.1. The van der Waals surface area contributed by atoms with Gasteiger partial charge in [0.15, 0.2) is 0 Å². The number of aromatic nitrogens is 2. The van der Waals surface area contributed by atoms with Crippen molar-refractivity contribution in [2.75, 3.05) is 0 Å². The Morgan fingerprint density at radius 2 is 1.88 bits per heavy atom. The van der Waals surface area contributed by atoms with E-state index in [1.165, 1.54) is 17.0 Å². The number of fused-ring (bicyclic) bond motifs is 2. The molecule has 1 aliphatic heterocycles. The normalized spacial score (nSPS) is 15.8. The van der Waals surface area contributed by atoms with Gasteiger partial charge in [-0.15, -0.1) is 0 Å². The summed E-state index contributed by atoms with van der Waals surface area (Å²) in [5, 5.41) is 10.3. The van der Waals surface area contributed by atoms with Gasteiger partial charge in [0.1, 0.15) is 11.6 Å². The van der Waals surface area contributed by atoms with Crippen molar-refractivity contribution >= 4 is 17.0 Å². The standard InChI is InChI=1S/C26H26FN3O3/c1-26(2,3)30(25(32)33)20-10-12-23-28-22-16-18(8-7-17-5-4-6-19(27)15-17)9-11-21(22)24(31)29(23)14-13-20/h4-6,9,11,15-16,20H,10,12-14H2,1-3H3,(H,32,33). The molecule has 1 N–H and O–H groups in total. The van der Waals surface area contributed by atoms with Crippen molar-refractivity contribution in [3.63, 3.8) is 0 Å². The molecule has 1 aliphatic rings. The predicted molar refractivity (Wildman–Crippen MR) is 125 cm³/mol. The first kappa shape index (κ1) is 22.5. The fraction of sp³-hybridized carbons (Fsp3) is 0.346. The number of carbonyl (C=O) groups is 1. The highest BCUT2D eigenvalue weighted by Crippen LogP contribution is 2.25. The smallest absolute Gasteiger partial charge is 0.407 e. The van der Waals surface area contributed by atoms with Crippen LogP contribution in [0.2, 0.25) is 0 Å². The Kier molecular flexibility index (Phi) is 5.94. The zero-order valence-corrected chi connectivity index (χ0v) is 18.9.